The normalized spacial score (nSPS) is 16.7. The number of likely N-dealkylation sites (tertiary alicyclic amines) is 1. The summed E-state index contributed by atoms with van der Waals surface area (Å²) >= 11 is 0. The number of hydrogen-bond acceptors (Lipinski definition) is 5. The predicted octanol–water partition coefficient (Wildman–Crippen LogP) is 3.95. The van der Waals surface area contributed by atoms with E-state index in [9.17, 15) is 4.79 Å². The van der Waals surface area contributed by atoms with E-state index in [-0.39, 0.29) is 11.8 Å². The van der Waals surface area contributed by atoms with Crippen molar-refractivity contribution in [1.82, 2.24) is 19.5 Å². The van der Waals surface area contributed by atoms with E-state index in [0.717, 1.165) is 42.8 Å². The van der Waals surface area contributed by atoms with Gasteiger partial charge in [0, 0.05) is 31.3 Å². The van der Waals surface area contributed by atoms with Gasteiger partial charge in [0.15, 0.2) is 17.1 Å². The van der Waals surface area contributed by atoms with Gasteiger partial charge < -0.3 is 14.4 Å². The average molecular weight is 421 g/mol. The molecular weight excluding hydrogens is 392 g/mol. The van der Waals surface area contributed by atoms with E-state index in [4.69, 9.17) is 9.47 Å². The van der Waals surface area contributed by atoms with Crippen molar-refractivity contribution in [2.45, 2.75) is 32.1 Å². The highest BCUT2D eigenvalue weighted by Crippen LogP contribution is 2.29. The summed E-state index contributed by atoms with van der Waals surface area (Å²) < 4.78 is 13.1. The number of methoxy groups -OCH3 is 1. The quantitative estimate of drug-likeness (QED) is 0.542. The molecule has 4 rings (SSSR count). The number of pyridine rings is 1. The highest BCUT2D eigenvalue weighted by molar-refractivity contribution is 5.92. The van der Waals surface area contributed by atoms with Gasteiger partial charge in [0.2, 0.25) is 5.91 Å². The van der Waals surface area contributed by atoms with Crippen molar-refractivity contribution in [2.75, 3.05) is 26.8 Å². The second-order valence-corrected chi connectivity index (χ2v) is 7.70. The van der Waals surface area contributed by atoms with Gasteiger partial charge in [0.05, 0.1) is 13.7 Å². The fourth-order valence-electron chi connectivity index (χ4n) is 3.92. The summed E-state index contributed by atoms with van der Waals surface area (Å²) in [5, 5.41) is 8.64. The van der Waals surface area contributed by atoms with Crippen LogP contribution in [0.1, 0.15) is 43.5 Å². The first-order chi connectivity index (χ1) is 15.2. The monoisotopic (exact) mass is 420 g/mol. The van der Waals surface area contributed by atoms with Crippen LogP contribution in [0.2, 0.25) is 0 Å². The van der Waals surface area contributed by atoms with Crippen molar-refractivity contribution in [2.24, 2.45) is 0 Å². The number of fused-ring (bicyclic) bond motifs is 1. The van der Waals surface area contributed by atoms with Crippen LogP contribution in [0.15, 0.2) is 48.7 Å². The molecule has 1 atom stereocenters. The van der Waals surface area contributed by atoms with Gasteiger partial charge in [-0.1, -0.05) is 19.1 Å². The molecule has 0 bridgehead atoms. The van der Waals surface area contributed by atoms with Crippen LogP contribution in [0, 0.1) is 0 Å². The lowest BCUT2D eigenvalue weighted by Crippen LogP contribution is -2.38. The fourth-order valence-corrected chi connectivity index (χ4v) is 3.92. The first-order valence-corrected chi connectivity index (χ1v) is 10.8. The highest BCUT2D eigenvalue weighted by Gasteiger charge is 2.27. The Morgan fingerprint density at radius 3 is 2.97 bits per heavy atom. The molecule has 0 N–H and O–H groups in total. The molecule has 2 aromatic heterocycles. The van der Waals surface area contributed by atoms with E-state index in [2.05, 4.69) is 17.1 Å². The van der Waals surface area contributed by atoms with Gasteiger partial charge >= 0.3 is 0 Å². The van der Waals surface area contributed by atoms with Crippen molar-refractivity contribution in [3.05, 3.63) is 60.1 Å². The minimum absolute atomic E-state index is 0.00352. The second-order valence-electron chi connectivity index (χ2n) is 7.70. The standard InChI is InChI=1S/C24H28N4O3/c1-3-15-31-20-11-9-18(16-21(20)30-2)10-12-23(29)27-13-6-7-19(17-27)24-26-25-22-8-4-5-14-28(22)24/h4-5,8-12,14,16,19H,3,6-7,13,15,17H2,1-2H3/b12-10+. The highest BCUT2D eigenvalue weighted by atomic mass is 16.5. The minimum atomic E-state index is 0.00352. The van der Waals surface area contributed by atoms with Gasteiger partial charge in [0.1, 0.15) is 5.82 Å². The minimum Gasteiger partial charge on any atom is -0.493 e. The molecular formula is C24H28N4O3. The number of nitrogens with zero attached hydrogens (tertiary/aromatic N) is 4. The molecule has 1 amide bonds. The number of rotatable bonds is 7. The summed E-state index contributed by atoms with van der Waals surface area (Å²) in [7, 11) is 1.62. The number of piperidine rings is 1. The van der Waals surface area contributed by atoms with E-state index in [0.29, 0.717) is 24.7 Å². The molecule has 1 saturated heterocycles. The molecule has 1 unspecified atom stereocenters. The maximum Gasteiger partial charge on any atom is 0.246 e. The molecule has 162 valence electrons. The van der Waals surface area contributed by atoms with Crippen LogP contribution >= 0.6 is 0 Å². The molecule has 1 aromatic carbocycles. The zero-order valence-corrected chi connectivity index (χ0v) is 18.0. The average Bonchev–Trinajstić information content (AvgIpc) is 3.25. The topological polar surface area (TPSA) is 69.0 Å². The zero-order chi connectivity index (χ0) is 21.6. The first kappa shape index (κ1) is 20.9. The summed E-state index contributed by atoms with van der Waals surface area (Å²) in [5.74, 6) is 2.49. The lowest BCUT2D eigenvalue weighted by Gasteiger charge is -2.31. The van der Waals surface area contributed by atoms with Gasteiger partial charge in [-0.05, 0) is 55.2 Å². The van der Waals surface area contributed by atoms with Crippen molar-refractivity contribution < 1.29 is 14.3 Å². The van der Waals surface area contributed by atoms with Crippen LogP contribution in [0.4, 0.5) is 0 Å². The predicted molar refractivity (Wildman–Crippen MR) is 119 cm³/mol. The van der Waals surface area contributed by atoms with Crippen LogP contribution in [0.25, 0.3) is 11.7 Å². The molecule has 0 saturated carbocycles. The second kappa shape index (κ2) is 9.64. The molecule has 1 aliphatic rings. The number of carbonyl (C=O) groups is 1. The summed E-state index contributed by atoms with van der Waals surface area (Å²) in [5.41, 5.74) is 1.73. The van der Waals surface area contributed by atoms with E-state index < -0.39 is 0 Å². The third-order valence-corrected chi connectivity index (χ3v) is 5.51. The number of aromatic nitrogens is 3. The van der Waals surface area contributed by atoms with Crippen LogP contribution in [-0.4, -0.2) is 52.2 Å². The van der Waals surface area contributed by atoms with Crippen molar-refractivity contribution in [1.29, 1.82) is 0 Å². The Balaban J connectivity index is 1.44. The Morgan fingerprint density at radius 1 is 1.23 bits per heavy atom. The van der Waals surface area contributed by atoms with Gasteiger partial charge in [0.25, 0.3) is 0 Å². The van der Waals surface area contributed by atoms with E-state index in [1.54, 1.807) is 13.2 Å². The van der Waals surface area contributed by atoms with Gasteiger partial charge in [-0.15, -0.1) is 10.2 Å². The summed E-state index contributed by atoms with van der Waals surface area (Å²) in [6, 6.07) is 11.6. The molecule has 0 spiro atoms. The molecule has 7 nitrogen and oxygen atoms in total. The Bertz CT molecular complexity index is 1080. The number of benzene rings is 1. The van der Waals surface area contributed by atoms with E-state index in [1.165, 1.54) is 0 Å². The number of carbonyl (C=O) groups excluding carboxylic acids is 1. The van der Waals surface area contributed by atoms with Gasteiger partial charge in [-0.25, -0.2) is 0 Å². The Hall–Kier alpha value is -3.35. The lowest BCUT2D eigenvalue weighted by molar-refractivity contribution is -0.127. The number of amides is 1. The fraction of sp³-hybridized carbons (Fsp3) is 0.375. The van der Waals surface area contributed by atoms with Crippen molar-refractivity contribution in [3.63, 3.8) is 0 Å². The van der Waals surface area contributed by atoms with Crippen LogP contribution < -0.4 is 9.47 Å². The Labute approximate surface area is 182 Å². The molecule has 0 radical (unpaired) electrons. The maximum atomic E-state index is 12.9. The van der Waals surface area contributed by atoms with Crippen LogP contribution in [0.3, 0.4) is 0 Å². The first-order valence-electron chi connectivity index (χ1n) is 10.8. The zero-order valence-electron chi connectivity index (χ0n) is 18.0. The number of ether oxygens (including phenoxy) is 2. The molecule has 3 aromatic rings. The third kappa shape index (κ3) is 4.71. The molecule has 0 aliphatic carbocycles. The SMILES string of the molecule is CCCOc1ccc(/C=C/C(=O)N2CCCC(c3nnc4ccccn34)C2)cc1OC. The van der Waals surface area contributed by atoms with Crippen molar-refractivity contribution in [3.8, 4) is 11.5 Å². The molecule has 1 fully saturated rings. The summed E-state index contributed by atoms with van der Waals surface area (Å²) in [4.78, 5) is 14.7. The summed E-state index contributed by atoms with van der Waals surface area (Å²) in [6.07, 6.45) is 8.31. The molecule has 1 aliphatic heterocycles. The van der Waals surface area contributed by atoms with Crippen LogP contribution in [-0.2, 0) is 4.79 Å². The van der Waals surface area contributed by atoms with Gasteiger partial charge in [-0.2, -0.15) is 0 Å². The smallest absolute Gasteiger partial charge is 0.246 e. The van der Waals surface area contributed by atoms with Crippen molar-refractivity contribution >= 4 is 17.6 Å². The lowest BCUT2D eigenvalue weighted by atomic mass is 9.97. The molecule has 31 heavy (non-hydrogen) atoms. The van der Waals surface area contributed by atoms with E-state index in [1.807, 2.05) is 58.0 Å². The Morgan fingerprint density at radius 2 is 2.13 bits per heavy atom. The molecule has 3 heterocycles. The number of hydrogen-bond donors (Lipinski definition) is 0. The third-order valence-electron chi connectivity index (χ3n) is 5.51. The Kier molecular flexibility index (Phi) is 6.50. The molecule has 7 heteroatoms. The summed E-state index contributed by atoms with van der Waals surface area (Å²) in [6.45, 7) is 4.10. The van der Waals surface area contributed by atoms with E-state index >= 15 is 0 Å². The van der Waals surface area contributed by atoms with Crippen LogP contribution in [0.5, 0.6) is 11.5 Å². The van der Waals surface area contributed by atoms with Gasteiger partial charge in [-0.3, -0.25) is 9.20 Å². The largest absolute Gasteiger partial charge is 0.493 e. The maximum absolute atomic E-state index is 12.9.